The van der Waals surface area contributed by atoms with Gasteiger partial charge in [-0.15, -0.1) is 0 Å². The number of ether oxygens (including phenoxy) is 1. The Morgan fingerprint density at radius 2 is 1.90 bits per heavy atom. The molecule has 0 saturated carbocycles. The number of rotatable bonds is 11. The first kappa shape index (κ1) is 23.6. The number of amides is 2. The van der Waals surface area contributed by atoms with Crippen LogP contribution in [0.2, 0.25) is 0 Å². The fourth-order valence-electron chi connectivity index (χ4n) is 2.78. The van der Waals surface area contributed by atoms with E-state index in [0.29, 0.717) is 17.0 Å². The minimum absolute atomic E-state index is 0.154. The molecule has 0 aromatic heterocycles. The van der Waals surface area contributed by atoms with Gasteiger partial charge in [0, 0.05) is 23.4 Å². The molecule has 166 valence electrons. The van der Waals surface area contributed by atoms with Gasteiger partial charge in [-0.25, -0.2) is 0 Å². The van der Waals surface area contributed by atoms with Crippen LogP contribution in [0.3, 0.4) is 0 Å². The number of anilines is 1. The van der Waals surface area contributed by atoms with Crippen molar-refractivity contribution in [2.75, 3.05) is 25.6 Å². The van der Waals surface area contributed by atoms with Crippen molar-refractivity contribution in [1.29, 1.82) is 5.41 Å². The number of aliphatic hydroxyl groups is 2. The number of hydrogen-bond donors (Lipinski definition) is 7. The van der Waals surface area contributed by atoms with Gasteiger partial charge in [-0.2, -0.15) is 0 Å². The van der Waals surface area contributed by atoms with Crippen molar-refractivity contribution in [3.05, 3.63) is 59.7 Å². The highest BCUT2D eigenvalue weighted by atomic mass is 16.5. The summed E-state index contributed by atoms with van der Waals surface area (Å²) in [6.07, 6.45) is -1.42. The summed E-state index contributed by atoms with van der Waals surface area (Å²) in [6, 6.07) is 12.4. The van der Waals surface area contributed by atoms with Crippen molar-refractivity contribution in [2.24, 2.45) is 5.73 Å². The molecule has 0 saturated heterocycles. The van der Waals surface area contributed by atoms with E-state index in [2.05, 4.69) is 16.0 Å². The van der Waals surface area contributed by atoms with Crippen LogP contribution in [0.5, 0.6) is 5.75 Å². The summed E-state index contributed by atoms with van der Waals surface area (Å²) in [4.78, 5) is 24.7. The van der Waals surface area contributed by atoms with E-state index in [1.54, 1.807) is 24.3 Å². The van der Waals surface area contributed by atoms with E-state index in [9.17, 15) is 19.8 Å². The van der Waals surface area contributed by atoms with E-state index in [4.69, 9.17) is 15.9 Å². The van der Waals surface area contributed by atoms with Gasteiger partial charge in [0.25, 0.3) is 0 Å². The molecule has 2 rings (SSSR count). The van der Waals surface area contributed by atoms with E-state index >= 15 is 0 Å². The van der Waals surface area contributed by atoms with Gasteiger partial charge in [0.15, 0.2) is 0 Å². The lowest BCUT2D eigenvalue weighted by Gasteiger charge is -2.23. The second-order valence-electron chi connectivity index (χ2n) is 6.67. The molecule has 2 atom stereocenters. The predicted octanol–water partition coefficient (Wildman–Crippen LogP) is -0.454. The smallest absolute Gasteiger partial charge is 0.245 e. The summed E-state index contributed by atoms with van der Waals surface area (Å²) >= 11 is 0. The molecule has 0 bridgehead atoms. The average molecular weight is 429 g/mol. The monoisotopic (exact) mass is 429 g/mol. The second kappa shape index (κ2) is 11.5. The molecule has 0 heterocycles. The lowest BCUT2D eigenvalue weighted by atomic mass is 10.1. The van der Waals surface area contributed by atoms with Crippen molar-refractivity contribution >= 4 is 23.3 Å². The van der Waals surface area contributed by atoms with Gasteiger partial charge in [-0.1, -0.05) is 30.3 Å². The highest BCUT2D eigenvalue weighted by Crippen LogP contribution is 2.16. The van der Waals surface area contributed by atoms with Gasteiger partial charge in [0.05, 0.1) is 20.3 Å². The summed E-state index contributed by atoms with van der Waals surface area (Å²) in [6.45, 7) is -0.771. The van der Waals surface area contributed by atoms with Crippen LogP contribution in [-0.4, -0.2) is 60.3 Å². The van der Waals surface area contributed by atoms with Gasteiger partial charge in [-0.05, 0) is 18.2 Å². The molecule has 10 heteroatoms. The Morgan fingerprint density at radius 3 is 2.58 bits per heavy atom. The number of aliphatic hydroxyl groups excluding tert-OH is 2. The number of methoxy groups -OCH3 is 1. The molecule has 2 amide bonds. The topological polar surface area (TPSA) is 170 Å². The van der Waals surface area contributed by atoms with Crippen molar-refractivity contribution in [2.45, 2.75) is 18.7 Å². The average Bonchev–Trinajstić information content (AvgIpc) is 2.79. The van der Waals surface area contributed by atoms with Crippen LogP contribution in [0.15, 0.2) is 48.5 Å². The molecule has 8 N–H and O–H groups in total. The molecular weight excluding hydrogens is 402 g/mol. The van der Waals surface area contributed by atoms with Crippen LogP contribution in [0.4, 0.5) is 5.69 Å². The van der Waals surface area contributed by atoms with Crippen molar-refractivity contribution < 1.29 is 24.5 Å². The summed E-state index contributed by atoms with van der Waals surface area (Å²) in [5.41, 5.74) is 7.09. The summed E-state index contributed by atoms with van der Waals surface area (Å²) < 4.78 is 5.22. The number of nitrogens with two attached hydrogens (primary N) is 1. The van der Waals surface area contributed by atoms with Gasteiger partial charge < -0.3 is 36.6 Å². The van der Waals surface area contributed by atoms with Gasteiger partial charge >= 0.3 is 0 Å². The molecule has 31 heavy (non-hydrogen) atoms. The van der Waals surface area contributed by atoms with Gasteiger partial charge in [-0.3, -0.25) is 15.0 Å². The number of para-hydroxylation sites is 1. The second-order valence-corrected chi connectivity index (χ2v) is 6.67. The van der Waals surface area contributed by atoms with E-state index in [1.807, 2.05) is 18.2 Å². The zero-order chi connectivity index (χ0) is 22.8. The minimum atomic E-state index is -1.42. The standard InChI is InChI=1S/C21H27N5O5/c1-31-17-8-3-2-5-14(17)10-24-18(29)11-25-21(30)19(16(28)12-27)26-15-7-4-6-13(9-15)20(22)23/h2-9,16,19,26-28H,10-12H2,1H3,(H3,22,23)(H,24,29)(H,25,30). The van der Waals surface area contributed by atoms with E-state index < -0.39 is 30.6 Å². The summed E-state index contributed by atoms with van der Waals surface area (Å²) in [5.74, 6) is -0.633. The first-order chi connectivity index (χ1) is 14.8. The molecule has 0 aliphatic heterocycles. The Labute approximate surface area is 179 Å². The quantitative estimate of drug-likeness (QED) is 0.187. The Balaban J connectivity index is 1.95. The maximum atomic E-state index is 12.5. The zero-order valence-electron chi connectivity index (χ0n) is 17.1. The fourth-order valence-corrected chi connectivity index (χ4v) is 2.78. The third kappa shape index (κ3) is 6.98. The third-order valence-electron chi connectivity index (χ3n) is 4.44. The molecule has 10 nitrogen and oxygen atoms in total. The molecule has 2 aromatic rings. The first-order valence-corrected chi connectivity index (χ1v) is 9.52. The number of carbonyl (C=O) groups excluding carboxylic acids is 2. The van der Waals surface area contributed by atoms with E-state index in [0.717, 1.165) is 5.56 Å². The Bertz CT molecular complexity index is 921. The van der Waals surface area contributed by atoms with Crippen LogP contribution in [0, 0.1) is 5.41 Å². The molecule has 2 unspecified atom stereocenters. The van der Waals surface area contributed by atoms with Crippen LogP contribution < -0.4 is 26.4 Å². The Morgan fingerprint density at radius 1 is 1.16 bits per heavy atom. The highest BCUT2D eigenvalue weighted by molar-refractivity contribution is 5.96. The highest BCUT2D eigenvalue weighted by Gasteiger charge is 2.26. The molecule has 0 spiro atoms. The number of nitrogen functional groups attached to an aromatic ring is 1. The maximum Gasteiger partial charge on any atom is 0.245 e. The number of benzene rings is 2. The van der Waals surface area contributed by atoms with Crippen LogP contribution in [-0.2, 0) is 16.1 Å². The maximum absolute atomic E-state index is 12.5. The fraction of sp³-hybridized carbons (Fsp3) is 0.286. The normalized spacial score (nSPS) is 12.4. The Kier molecular flexibility index (Phi) is 8.79. The molecular formula is C21H27N5O5. The first-order valence-electron chi connectivity index (χ1n) is 9.52. The van der Waals surface area contributed by atoms with Crippen molar-refractivity contribution in [1.82, 2.24) is 10.6 Å². The SMILES string of the molecule is COc1ccccc1CNC(=O)CNC(=O)C(Nc1cccc(C(=N)N)c1)C(O)CO. The number of hydrogen-bond acceptors (Lipinski definition) is 7. The van der Waals surface area contributed by atoms with E-state index in [1.165, 1.54) is 13.2 Å². The molecule has 0 fully saturated rings. The zero-order valence-corrected chi connectivity index (χ0v) is 17.1. The lowest BCUT2D eigenvalue weighted by molar-refractivity contribution is -0.128. The van der Waals surface area contributed by atoms with Crippen LogP contribution in [0.25, 0.3) is 0 Å². The number of amidine groups is 1. The van der Waals surface area contributed by atoms with E-state index in [-0.39, 0.29) is 18.9 Å². The molecule has 0 radical (unpaired) electrons. The number of nitrogens with one attached hydrogen (secondary N) is 4. The minimum Gasteiger partial charge on any atom is -0.496 e. The molecule has 0 aliphatic rings. The van der Waals surface area contributed by atoms with Crippen LogP contribution >= 0.6 is 0 Å². The third-order valence-corrected chi connectivity index (χ3v) is 4.44. The van der Waals surface area contributed by atoms with Crippen molar-refractivity contribution in [3.8, 4) is 5.75 Å². The molecule has 0 aliphatic carbocycles. The molecule has 2 aromatic carbocycles. The lowest BCUT2D eigenvalue weighted by Crippen LogP contribution is -2.50. The van der Waals surface area contributed by atoms with Gasteiger partial charge in [0.2, 0.25) is 11.8 Å². The Hall–Kier alpha value is -3.63. The summed E-state index contributed by atoms with van der Waals surface area (Å²) in [7, 11) is 1.53. The van der Waals surface area contributed by atoms with Crippen molar-refractivity contribution in [3.63, 3.8) is 0 Å². The largest absolute Gasteiger partial charge is 0.496 e. The van der Waals surface area contributed by atoms with Crippen LogP contribution in [0.1, 0.15) is 11.1 Å². The summed E-state index contributed by atoms with van der Waals surface area (Å²) in [5, 5.41) is 34.7. The predicted molar refractivity (Wildman–Crippen MR) is 116 cm³/mol. The van der Waals surface area contributed by atoms with Gasteiger partial charge in [0.1, 0.15) is 23.7 Å². The number of carbonyl (C=O) groups is 2.